The minimum atomic E-state index is -0.556. The molecule has 0 fully saturated rings. The third-order valence-electron chi connectivity index (χ3n) is 2.09. The Bertz CT molecular complexity index is 482. The molecule has 73 valence electrons. The van der Waals surface area contributed by atoms with Gasteiger partial charge in [-0.05, 0) is 35.4 Å². The lowest BCUT2D eigenvalue weighted by atomic mass is 10.1. The van der Waals surface area contributed by atoms with Crippen LogP contribution in [-0.4, -0.2) is 11.3 Å². The minimum absolute atomic E-state index is 0.0483. The van der Waals surface area contributed by atoms with Crippen molar-refractivity contribution >= 4 is 6.29 Å². The number of aromatic nitrogens is 1. The molecule has 0 aliphatic heterocycles. The Morgan fingerprint density at radius 3 is 2.40 bits per heavy atom. The zero-order valence-corrected chi connectivity index (χ0v) is 7.77. The molecule has 2 nitrogen and oxygen atoms in total. The zero-order chi connectivity index (χ0) is 10.7. The topological polar surface area (TPSA) is 30.0 Å². The first-order valence-corrected chi connectivity index (χ1v) is 4.39. The molecule has 1 aromatic carbocycles. The van der Waals surface area contributed by atoms with E-state index in [2.05, 4.69) is 4.98 Å². The van der Waals surface area contributed by atoms with Crippen LogP contribution in [0.3, 0.4) is 0 Å². The van der Waals surface area contributed by atoms with Gasteiger partial charge in [0.15, 0.2) is 0 Å². The van der Waals surface area contributed by atoms with Crippen molar-refractivity contribution in [2.75, 3.05) is 0 Å². The number of rotatable bonds is 2. The summed E-state index contributed by atoms with van der Waals surface area (Å²) in [5.41, 5.74) is 1.53. The highest BCUT2D eigenvalue weighted by Crippen LogP contribution is 2.20. The Balaban J connectivity index is 2.47. The van der Waals surface area contributed by atoms with Crippen LogP contribution in [0.1, 0.15) is 5.56 Å². The number of nitrogens with zero attached hydrogens (tertiary/aromatic N) is 1. The molecule has 0 atom stereocenters. The molecule has 0 spiro atoms. The fourth-order valence-corrected chi connectivity index (χ4v) is 1.32. The van der Waals surface area contributed by atoms with Crippen molar-refractivity contribution in [3.63, 3.8) is 0 Å². The maximum absolute atomic E-state index is 13.3. The Kier molecular flexibility index (Phi) is 2.54. The first-order valence-electron chi connectivity index (χ1n) is 4.39. The third-order valence-corrected chi connectivity index (χ3v) is 2.09. The number of carbonyl (C=O) groups excluding carboxylic acids is 1. The summed E-state index contributed by atoms with van der Waals surface area (Å²) >= 11 is 0. The molecular formula is C12H7FNO. The largest absolute Gasteiger partial charge is 0.285 e. The molecule has 1 radical (unpaired) electrons. The number of hydrogen-bond donors (Lipinski definition) is 0. The molecule has 2 rings (SSSR count). The Hall–Kier alpha value is -2.03. The summed E-state index contributed by atoms with van der Waals surface area (Å²) in [6, 6.07) is 7.96. The molecule has 0 N–H and O–H groups in total. The van der Waals surface area contributed by atoms with Crippen LogP contribution < -0.4 is 0 Å². The van der Waals surface area contributed by atoms with Crippen molar-refractivity contribution in [1.29, 1.82) is 0 Å². The highest BCUT2D eigenvalue weighted by Gasteiger charge is 2.04. The number of hydrogen-bond acceptors (Lipinski definition) is 2. The molecule has 15 heavy (non-hydrogen) atoms. The highest BCUT2D eigenvalue weighted by molar-refractivity contribution is 5.77. The first kappa shape index (κ1) is 9.52. The van der Waals surface area contributed by atoms with Gasteiger partial charge in [0.05, 0.1) is 5.56 Å². The van der Waals surface area contributed by atoms with Crippen molar-refractivity contribution in [3.05, 3.63) is 54.1 Å². The van der Waals surface area contributed by atoms with Crippen molar-refractivity contribution in [2.45, 2.75) is 0 Å². The standard InChI is InChI=1S/C12H7FNO/c13-12-7-10(1-2-11(12)8-15)9-3-5-14-6-4-9/h1-7H. The zero-order valence-electron chi connectivity index (χ0n) is 7.77. The molecule has 1 heterocycles. The molecular weight excluding hydrogens is 193 g/mol. The second-order valence-corrected chi connectivity index (χ2v) is 3.03. The third kappa shape index (κ3) is 1.91. The summed E-state index contributed by atoms with van der Waals surface area (Å²) in [5.74, 6) is -0.556. The molecule has 0 aliphatic rings. The number of halogens is 1. The predicted molar refractivity (Wildman–Crippen MR) is 54.4 cm³/mol. The SMILES string of the molecule is O=[C]c1ccc(-c2ccncc2)cc1F. The lowest BCUT2D eigenvalue weighted by Gasteiger charge is -2.01. The predicted octanol–water partition coefficient (Wildman–Crippen LogP) is 2.35. The van der Waals surface area contributed by atoms with E-state index in [0.717, 1.165) is 5.56 Å². The van der Waals surface area contributed by atoms with Gasteiger partial charge in [-0.1, -0.05) is 6.07 Å². The molecule has 2 aromatic rings. The summed E-state index contributed by atoms with van der Waals surface area (Å²) in [6.45, 7) is 0. The highest BCUT2D eigenvalue weighted by atomic mass is 19.1. The van der Waals surface area contributed by atoms with Gasteiger partial charge in [0, 0.05) is 12.4 Å². The van der Waals surface area contributed by atoms with Gasteiger partial charge in [0.1, 0.15) is 5.82 Å². The van der Waals surface area contributed by atoms with E-state index in [1.807, 2.05) is 0 Å². The molecule has 0 amide bonds. The van der Waals surface area contributed by atoms with Crippen molar-refractivity contribution in [3.8, 4) is 11.1 Å². The Labute approximate surface area is 86.4 Å². The van der Waals surface area contributed by atoms with Gasteiger partial charge in [-0.25, -0.2) is 4.39 Å². The summed E-state index contributed by atoms with van der Waals surface area (Å²) in [7, 11) is 0. The quantitative estimate of drug-likeness (QED) is 0.744. The monoisotopic (exact) mass is 200 g/mol. The van der Waals surface area contributed by atoms with Gasteiger partial charge < -0.3 is 0 Å². The van der Waals surface area contributed by atoms with Crippen LogP contribution in [0, 0.1) is 5.82 Å². The fourth-order valence-electron chi connectivity index (χ4n) is 1.32. The second-order valence-electron chi connectivity index (χ2n) is 3.03. The second kappa shape index (κ2) is 4.00. The fraction of sp³-hybridized carbons (Fsp3) is 0. The van der Waals surface area contributed by atoms with Crippen molar-refractivity contribution in [1.82, 2.24) is 4.98 Å². The van der Waals surface area contributed by atoms with E-state index in [0.29, 0.717) is 5.56 Å². The van der Waals surface area contributed by atoms with Crippen LogP contribution in [0.15, 0.2) is 42.7 Å². The normalized spacial score (nSPS) is 9.93. The molecule has 0 bridgehead atoms. The summed E-state index contributed by atoms with van der Waals surface area (Å²) in [5, 5.41) is 0. The van der Waals surface area contributed by atoms with E-state index in [1.165, 1.54) is 18.4 Å². The van der Waals surface area contributed by atoms with E-state index in [1.54, 1.807) is 30.6 Å². The van der Waals surface area contributed by atoms with E-state index < -0.39 is 5.82 Å². The average Bonchev–Trinajstić information content (AvgIpc) is 2.30. The molecule has 1 aromatic heterocycles. The van der Waals surface area contributed by atoms with E-state index in [-0.39, 0.29) is 5.56 Å². The van der Waals surface area contributed by atoms with Crippen LogP contribution >= 0.6 is 0 Å². The van der Waals surface area contributed by atoms with Gasteiger partial charge in [-0.15, -0.1) is 0 Å². The van der Waals surface area contributed by atoms with Crippen LogP contribution in [0.4, 0.5) is 4.39 Å². The van der Waals surface area contributed by atoms with Gasteiger partial charge in [-0.3, -0.25) is 9.78 Å². The van der Waals surface area contributed by atoms with Crippen LogP contribution in [0.25, 0.3) is 11.1 Å². The van der Waals surface area contributed by atoms with Gasteiger partial charge in [0.2, 0.25) is 6.29 Å². The molecule has 0 saturated carbocycles. The first-order chi connectivity index (χ1) is 7.31. The van der Waals surface area contributed by atoms with Crippen molar-refractivity contribution in [2.24, 2.45) is 0 Å². The van der Waals surface area contributed by atoms with E-state index in [4.69, 9.17) is 0 Å². The lowest BCUT2D eigenvalue weighted by Crippen LogP contribution is -1.88. The molecule has 3 heteroatoms. The maximum Gasteiger partial charge on any atom is 0.236 e. The number of pyridine rings is 1. The minimum Gasteiger partial charge on any atom is -0.285 e. The average molecular weight is 200 g/mol. The molecule has 0 aliphatic carbocycles. The maximum atomic E-state index is 13.3. The Morgan fingerprint density at radius 1 is 1.07 bits per heavy atom. The van der Waals surface area contributed by atoms with Gasteiger partial charge >= 0.3 is 0 Å². The van der Waals surface area contributed by atoms with Gasteiger partial charge in [0.25, 0.3) is 0 Å². The van der Waals surface area contributed by atoms with E-state index in [9.17, 15) is 9.18 Å². The van der Waals surface area contributed by atoms with Crippen LogP contribution in [-0.2, 0) is 4.79 Å². The van der Waals surface area contributed by atoms with Crippen molar-refractivity contribution < 1.29 is 9.18 Å². The van der Waals surface area contributed by atoms with Crippen LogP contribution in [0.5, 0.6) is 0 Å². The smallest absolute Gasteiger partial charge is 0.236 e. The molecule has 0 saturated heterocycles. The van der Waals surface area contributed by atoms with Gasteiger partial charge in [-0.2, -0.15) is 0 Å². The summed E-state index contributed by atoms with van der Waals surface area (Å²) < 4.78 is 13.3. The Morgan fingerprint density at radius 2 is 1.80 bits per heavy atom. The summed E-state index contributed by atoms with van der Waals surface area (Å²) in [6.07, 6.45) is 4.80. The van der Waals surface area contributed by atoms with E-state index >= 15 is 0 Å². The summed E-state index contributed by atoms with van der Waals surface area (Å²) in [4.78, 5) is 14.2. The van der Waals surface area contributed by atoms with Crippen LogP contribution in [0.2, 0.25) is 0 Å². The lowest BCUT2D eigenvalue weighted by molar-refractivity contribution is 0.556. The molecule has 0 unspecified atom stereocenters. The number of benzene rings is 1.